The molecule has 6 heteroatoms. The van der Waals surface area contributed by atoms with Crippen LogP contribution in [0.1, 0.15) is 5.56 Å². The number of H-pyrrole nitrogens is 1. The maximum atomic E-state index is 12.1. The standard InChI is InChI=1S/C15H14N2O3S/c1-19-12-7-8-13-14(9-12)17-15(16-13)21(18)20-10-11-5-3-2-4-6-11/h2-9H,10H2,1H3,(H,16,17). The molecule has 1 aromatic heterocycles. The van der Waals surface area contributed by atoms with Gasteiger partial charge in [0.2, 0.25) is 16.2 Å². The van der Waals surface area contributed by atoms with Gasteiger partial charge in [-0.05, 0) is 17.7 Å². The van der Waals surface area contributed by atoms with Crippen LogP contribution in [0.25, 0.3) is 11.0 Å². The molecule has 1 heterocycles. The zero-order valence-corrected chi connectivity index (χ0v) is 12.2. The SMILES string of the molecule is COc1ccc2nc(S(=O)OCc3ccccc3)[nH]c2c1. The molecule has 21 heavy (non-hydrogen) atoms. The van der Waals surface area contributed by atoms with Crippen LogP contribution in [0.3, 0.4) is 0 Å². The van der Waals surface area contributed by atoms with Crippen molar-refractivity contribution in [3.05, 3.63) is 54.1 Å². The molecule has 0 radical (unpaired) electrons. The molecule has 0 saturated carbocycles. The molecular weight excluding hydrogens is 288 g/mol. The summed E-state index contributed by atoms with van der Waals surface area (Å²) in [5, 5.41) is 0.300. The summed E-state index contributed by atoms with van der Waals surface area (Å²) in [6.07, 6.45) is 0. The maximum absolute atomic E-state index is 12.1. The van der Waals surface area contributed by atoms with Gasteiger partial charge >= 0.3 is 0 Å². The van der Waals surface area contributed by atoms with Gasteiger partial charge in [-0.1, -0.05) is 30.3 Å². The predicted molar refractivity (Wildman–Crippen MR) is 80.3 cm³/mol. The summed E-state index contributed by atoms with van der Waals surface area (Å²) in [7, 11) is 1.60. The summed E-state index contributed by atoms with van der Waals surface area (Å²) < 4.78 is 22.6. The fourth-order valence-electron chi connectivity index (χ4n) is 1.92. The van der Waals surface area contributed by atoms with Gasteiger partial charge in [-0.2, -0.15) is 0 Å². The van der Waals surface area contributed by atoms with Crippen LogP contribution in [-0.4, -0.2) is 21.3 Å². The normalized spacial score (nSPS) is 12.4. The average Bonchev–Trinajstić information content (AvgIpc) is 2.96. The third-order valence-corrected chi connectivity index (χ3v) is 3.84. The molecule has 1 N–H and O–H groups in total. The number of nitrogens with zero attached hydrogens (tertiary/aromatic N) is 1. The van der Waals surface area contributed by atoms with Gasteiger partial charge in [0, 0.05) is 6.07 Å². The quantitative estimate of drug-likeness (QED) is 0.787. The summed E-state index contributed by atoms with van der Waals surface area (Å²) >= 11 is -1.63. The number of aromatic amines is 1. The lowest BCUT2D eigenvalue weighted by atomic mass is 10.2. The molecule has 108 valence electrons. The van der Waals surface area contributed by atoms with Gasteiger partial charge in [0.25, 0.3) is 0 Å². The van der Waals surface area contributed by atoms with Crippen molar-refractivity contribution in [1.29, 1.82) is 0 Å². The maximum Gasteiger partial charge on any atom is 0.226 e. The molecule has 0 bridgehead atoms. The van der Waals surface area contributed by atoms with E-state index < -0.39 is 11.1 Å². The highest BCUT2D eigenvalue weighted by atomic mass is 32.2. The summed E-state index contributed by atoms with van der Waals surface area (Å²) in [5.41, 5.74) is 2.45. The molecular formula is C15H14N2O3S. The Morgan fingerprint density at radius 2 is 2.00 bits per heavy atom. The van der Waals surface area contributed by atoms with E-state index >= 15 is 0 Å². The number of aromatic nitrogens is 2. The summed E-state index contributed by atoms with van der Waals surface area (Å²) in [4.78, 5) is 7.25. The van der Waals surface area contributed by atoms with Crippen molar-refractivity contribution in [2.24, 2.45) is 0 Å². The number of methoxy groups -OCH3 is 1. The van der Waals surface area contributed by atoms with Crippen LogP contribution in [0.5, 0.6) is 5.75 Å². The van der Waals surface area contributed by atoms with E-state index in [0.717, 1.165) is 16.6 Å². The van der Waals surface area contributed by atoms with E-state index in [-0.39, 0.29) is 6.61 Å². The second-order valence-electron chi connectivity index (χ2n) is 4.41. The van der Waals surface area contributed by atoms with Crippen LogP contribution in [-0.2, 0) is 21.9 Å². The van der Waals surface area contributed by atoms with Crippen LogP contribution in [0, 0.1) is 0 Å². The van der Waals surface area contributed by atoms with E-state index in [1.165, 1.54) is 0 Å². The monoisotopic (exact) mass is 302 g/mol. The van der Waals surface area contributed by atoms with Crippen molar-refractivity contribution in [3.63, 3.8) is 0 Å². The third-order valence-electron chi connectivity index (χ3n) is 3.00. The molecule has 1 unspecified atom stereocenters. The second kappa shape index (κ2) is 6.07. The lowest BCUT2D eigenvalue weighted by Crippen LogP contribution is -2.00. The first-order chi connectivity index (χ1) is 10.3. The molecule has 1 atom stereocenters. The van der Waals surface area contributed by atoms with Crippen molar-refractivity contribution in [3.8, 4) is 5.75 Å². The van der Waals surface area contributed by atoms with Crippen LogP contribution in [0.15, 0.2) is 53.7 Å². The van der Waals surface area contributed by atoms with E-state index in [2.05, 4.69) is 9.97 Å². The van der Waals surface area contributed by atoms with Gasteiger partial charge in [-0.25, -0.2) is 9.19 Å². The first-order valence-electron chi connectivity index (χ1n) is 6.39. The van der Waals surface area contributed by atoms with Crippen LogP contribution >= 0.6 is 0 Å². The van der Waals surface area contributed by atoms with Gasteiger partial charge in [-0.3, -0.25) is 4.18 Å². The molecule has 0 spiro atoms. The van der Waals surface area contributed by atoms with Crippen LogP contribution in [0.4, 0.5) is 0 Å². The van der Waals surface area contributed by atoms with E-state index in [0.29, 0.717) is 10.9 Å². The van der Waals surface area contributed by atoms with Gasteiger partial charge in [-0.15, -0.1) is 0 Å². The molecule has 3 aromatic rings. The zero-order chi connectivity index (χ0) is 14.7. The highest BCUT2D eigenvalue weighted by molar-refractivity contribution is 7.80. The number of ether oxygens (including phenoxy) is 1. The van der Waals surface area contributed by atoms with Crippen molar-refractivity contribution < 1.29 is 13.1 Å². The molecule has 0 amide bonds. The second-order valence-corrected chi connectivity index (χ2v) is 5.50. The topological polar surface area (TPSA) is 64.2 Å². The number of nitrogens with one attached hydrogen (secondary N) is 1. The Morgan fingerprint density at radius 1 is 1.19 bits per heavy atom. The summed E-state index contributed by atoms with van der Waals surface area (Å²) in [5.74, 6) is 0.716. The van der Waals surface area contributed by atoms with Gasteiger partial charge < -0.3 is 9.72 Å². The lowest BCUT2D eigenvalue weighted by molar-refractivity contribution is 0.335. The van der Waals surface area contributed by atoms with E-state index in [1.807, 2.05) is 36.4 Å². The highest BCUT2D eigenvalue weighted by Crippen LogP contribution is 2.20. The first kappa shape index (κ1) is 13.8. The Hall–Kier alpha value is -2.18. The molecule has 0 aliphatic heterocycles. The van der Waals surface area contributed by atoms with E-state index in [4.69, 9.17) is 8.92 Å². The Morgan fingerprint density at radius 3 is 2.76 bits per heavy atom. The fourth-order valence-corrected chi connectivity index (χ4v) is 2.64. The zero-order valence-electron chi connectivity index (χ0n) is 11.4. The molecule has 5 nitrogen and oxygen atoms in total. The van der Waals surface area contributed by atoms with Gasteiger partial charge in [0.05, 0.1) is 24.8 Å². The van der Waals surface area contributed by atoms with Crippen LogP contribution < -0.4 is 4.74 Å². The number of hydrogen-bond acceptors (Lipinski definition) is 4. The molecule has 3 rings (SSSR count). The van der Waals surface area contributed by atoms with Crippen molar-refractivity contribution >= 4 is 22.1 Å². The molecule has 2 aromatic carbocycles. The molecule has 0 fully saturated rings. The molecule has 0 aliphatic carbocycles. The van der Waals surface area contributed by atoms with Crippen molar-refractivity contribution in [2.45, 2.75) is 11.8 Å². The minimum Gasteiger partial charge on any atom is -0.497 e. The summed E-state index contributed by atoms with van der Waals surface area (Å²) in [6, 6.07) is 15.0. The average molecular weight is 302 g/mol. The Bertz CT molecular complexity index is 771. The first-order valence-corrected chi connectivity index (χ1v) is 7.46. The molecule has 0 saturated heterocycles. The predicted octanol–water partition coefficient (Wildman–Crippen LogP) is 2.81. The molecule has 0 aliphatic rings. The lowest BCUT2D eigenvalue weighted by Gasteiger charge is -2.00. The van der Waals surface area contributed by atoms with Gasteiger partial charge in [0.1, 0.15) is 5.75 Å². The largest absolute Gasteiger partial charge is 0.497 e. The van der Waals surface area contributed by atoms with E-state index in [9.17, 15) is 4.21 Å². The smallest absolute Gasteiger partial charge is 0.226 e. The summed E-state index contributed by atoms with van der Waals surface area (Å²) in [6.45, 7) is 0.272. The number of hydrogen-bond donors (Lipinski definition) is 1. The number of imidazole rings is 1. The minimum absolute atomic E-state index is 0.272. The van der Waals surface area contributed by atoms with Crippen molar-refractivity contribution in [1.82, 2.24) is 9.97 Å². The highest BCUT2D eigenvalue weighted by Gasteiger charge is 2.11. The number of benzene rings is 2. The minimum atomic E-state index is -1.63. The Labute approximate surface area is 124 Å². The Kier molecular flexibility index (Phi) is 3.98. The van der Waals surface area contributed by atoms with Crippen LogP contribution in [0.2, 0.25) is 0 Å². The van der Waals surface area contributed by atoms with Crippen molar-refractivity contribution in [2.75, 3.05) is 7.11 Å². The fraction of sp³-hybridized carbons (Fsp3) is 0.133. The van der Waals surface area contributed by atoms with E-state index in [1.54, 1.807) is 19.2 Å². The third kappa shape index (κ3) is 3.12. The number of rotatable bonds is 5. The van der Waals surface area contributed by atoms with Gasteiger partial charge in [0.15, 0.2) is 0 Å². The number of fused-ring (bicyclic) bond motifs is 1. The Balaban J connectivity index is 1.75.